The molecule has 1 saturated heterocycles. The highest BCUT2D eigenvalue weighted by atomic mass is 16.7. The number of ether oxygens (including phenoxy) is 2. The first-order valence-electron chi connectivity index (χ1n) is 6.30. The second kappa shape index (κ2) is 3.56. The molecule has 90 valence electrons. The van der Waals surface area contributed by atoms with Crippen molar-refractivity contribution in [3.8, 4) is 0 Å². The van der Waals surface area contributed by atoms with Crippen molar-refractivity contribution in [2.75, 3.05) is 13.2 Å². The summed E-state index contributed by atoms with van der Waals surface area (Å²) in [5.41, 5.74) is 1.32. The van der Waals surface area contributed by atoms with Crippen LogP contribution in [-0.2, 0) is 9.47 Å². The van der Waals surface area contributed by atoms with E-state index in [0.29, 0.717) is 13.2 Å². The molecule has 3 aliphatic rings. The maximum absolute atomic E-state index is 10.2. The summed E-state index contributed by atoms with van der Waals surface area (Å²) in [5, 5.41) is 10.2. The average Bonchev–Trinajstić information content (AvgIpc) is 2.71. The van der Waals surface area contributed by atoms with Crippen LogP contribution in [0.5, 0.6) is 0 Å². The van der Waals surface area contributed by atoms with E-state index in [1.165, 1.54) is 5.57 Å². The van der Waals surface area contributed by atoms with Crippen LogP contribution in [0, 0.1) is 5.41 Å². The van der Waals surface area contributed by atoms with Crippen molar-refractivity contribution < 1.29 is 14.6 Å². The molecule has 2 fully saturated rings. The molecule has 2 atom stereocenters. The Morgan fingerprint density at radius 1 is 1.31 bits per heavy atom. The molecule has 0 aromatic rings. The molecule has 3 heteroatoms. The van der Waals surface area contributed by atoms with Crippen LogP contribution in [0.1, 0.15) is 39.0 Å². The molecule has 16 heavy (non-hydrogen) atoms. The SMILES string of the molecule is C[C@]12CCC3(CC1=CCC[C@@H]2O)OCCO3. The van der Waals surface area contributed by atoms with Crippen molar-refractivity contribution >= 4 is 0 Å². The van der Waals surface area contributed by atoms with Crippen LogP contribution in [0.25, 0.3) is 0 Å². The Balaban J connectivity index is 1.87. The molecule has 1 saturated carbocycles. The Kier molecular flexibility index (Phi) is 2.39. The third kappa shape index (κ3) is 1.45. The molecule has 0 amide bonds. The van der Waals surface area contributed by atoms with Gasteiger partial charge in [-0.15, -0.1) is 0 Å². The van der Waals surface area contributed by atoms with Crippen molar-refractivity contribution in [2.24, 2.45) is 5.41 Å². The minimum atomic E-state index is -0.359. The standard InChI is InChI=1S/C13H20O3/c1-12-5-6-13(15-7-8-16-13)9-10(12)3-2-4-11(12)14/h3,11,14H,2,4-9H2,1H3/t11-,12-/m0/s1. The van der Waals surface area contributed by atoms with E-state index >= 15 is 0 Å². The summed E-state index contributed by atoms with van der Waals surface area (Å²) in [6, 6.07) is 0. The van der Waals surface area contributed by atoms with Crippen molar-refractivity contribution in [3.05, 3.63) is 11.6 Å². The summed E-state index contributed by atoms with van der Waals surface area (Å²) in [4.78, 5) is 0. The fourth-order valence-electron chi connectivity index (χ4n) is 3.35. The summed E-state index contributed by atoms with van der Waals surface area (Å²) >= 11 is 0. The third-order valence-electron chi connectivity index (χ3n) is 4.60. The van der Waals surface area contributed by atoms with Crippen LogP contribution < -0.4 is 0 Å². The fourth-order valence-corrected chi connectivity index (χ4v) is 3.35. The number of hydrogen-bond acceptors (Lipinski definition) is 3. The fraction of sp³-hybridized carbons (Fsp3) is 0.846. The maximum Gasteiger partial charge on any atom is 0.172 e. The van der Waals surface area contributed by atoms with Gasteiger partial charge in [0.25, 0.3) is 0 Å². The van der Waals surface area contributed by atoms with Crippen LogP contribution in [0.15, 0.2) is 11.6 Å². The topological polar surface area (TPSA) is 38.7 Å². The number of hydrogen-bond donors (Lipinski definition) is 1. The molecule has 3 rings (SSSR count). The minimum Gasteiger partial charge on any atom is -0.392 e. The van der Waals surface area contributed by atoms with Crippen molar-refractivity contribution in [1.82, 2.24) is 0 Å². The second-order valence-corrected chi connectivity index (χ2v) is 5.52. The minimum absolute atomic E-state index is 0.0290. The van der Waals surface area contributed by atoms with E-state index in [-0.39, 0.29) is 17.3 Å². The van der Waals surface area contributed by atoms with E-state index in [4.69, 9.17) is 9.47 Å². The van der Waals surface area contributed by atoms with E-state index in [2.05, 4.69) is 13.0 Å². The molecule has 0 bridgehead atoms. The maximum atomic E-state index is 10.2. The normalized spacial score (nSPS) is 41.9. The van der Waals surface area contributed by atoms with Gasteiger partial charge < -0.3 is 14.6 Å². The van der Waals surface area contributed by atoms with Gasteiger partial charge in [0, 0.05) is 18.3 Å². The Bertz CT molecular complexity index is 317. The highest BCUT2D eigenvalue weighted by Crippen LogP contribution is 2.52. The Morgan fingerprint density at radius 3 is 2.81 bits per heavy atom. The molecule has 3 nitrogen and oxygen atoms in total. The zero-order chi connectivity index (χ0) is 11.2. The lowest BCUT2D eigenvalue weighted by atomic mass is 9.63. The first-order chi connectivity index (χ1) is 7.65. The van der Waals surface area contributed by atoms with Gasteiger partial charge in [-0.2, -0.15) is 0 Å². The largest absolute Gasteiger partial charge is 0.392 e. The number of rotatable bonds is 0. The van der Waals surface area contributed by atoms with Crippen LogP contribution in [0.4, 0.5) is 0 Å². The van der Waals surface area contributed by atoms with Gasteiger partial charge in [-0.25, -0.2) is 0 Å². The van der Waals surface area contributed by atoms with E-state index in [1.54, 1.807) is 0 Å². The molecule has 1 heterocycles. The number of aliphatic hydroxyl groups is 1. The summed E-state index contributed by atoms with van der Waals surface area (Å²) < 4.78 is 11.5. The summed E-state index contributed by atoms with van der Waals surface area (Å²) in [5.74, 6) is -0.359. The van der Waals surface area contributed by atoms with Crippen LogP contribution in [0.3, 0.4) is 0 Å². The van der Waals surface area contributed by atoms with Crippen molar-refractivity contribution in [3.63, 3.8) is 0 Å². The molecule has 1 N–H and O–H groups in total. The van der Waals surface area contributed by atoms with Crippen LogP contribution in [0.2, 0.25) is 0 Å². The van der Waals surface area contributed by atoms with E-state index < -0.39 is 0 Å². The predicted molar refractivity (Wildman–Crippen MR) is 59.9 cm³/mol. The molecule has 1 spiro atoms. The monoisotopic (exact) mass is 224 g/mol. The first kappa shape index (κ1) is 10.8. The van der Waals surface area contributed by atoms with Gasteiger partial charge in [0.05, 0.1) is 19.3 Å². The quantitative estimate of drug-likeness (QED) is 0.640. The lowest BCUT2D eigenvalue weighted by molar-refractivity contribution is -0.183. The number of aliphatic hydroxyl groups excluding tert-OH is 1. The molecule has 0 unspecified atom stereocenters. The average molecular weight is 224 g/mol. The van der Waals surface area contributed by atoms with E-state index in [0.717, 1.165) is 32.1 Å². The van der Waals surface area contributed by atoms with E-state index in [1.807, 2.05) is 0 Å². The summed E-state index contributed by atoms with van der Waals surface area (Å²) in [7, 11) is 0. The van der Waals surface area contributed by atoms with Crippen molar-refractivity contribution in [1.29, 1.82) is 0 Å². The lowest BCUT2D eigenvalue weighted by Gasteiger charge is -2.48. The van der Waals surface area contributed by atoms with Gasteiger partial charge in [0.15, 0.2) is 5.79 Å². The molecule has 0 aromatic carbocycles. The highest BCUT2D eigenvalue weighted by Gasteiger charge is 2.50. The second-order valence-electron chi connectivity index (χ2n) is 5.52. The van der Waals surface area contributed by atoms with Gasteiger partial charge in [-0.05, 0) is 19.3 Å². The van der Waals surface area contributed by atoms with Gasteiger partial charge >= 0.3 is 0 Å². The van der Waals surface area contributed by atoms with E-state index in [9.17, 15) is 5.11 Å². The third-order valence-corrected chi connectivity index (χ3v) is 4.60. The zero-order valence-corrected chi connectivity index (χ0v) is 9.87. The Hall–Kier alpha value is -0.380. The first-order valence-corrected chi connectivity index (χ1v) is 6.30. The summed E-state index contributed by atoms with van der Waals surface area (Å²) in [6.07, 6.45) is 6.72. The van der Waals surface area contributed by atoms with Crippen LogP contribution in [-0.4, -0.2) is 30.2 Å². The smallest absolute Gasteiger partial charge is 0.172 e. The lowest BCUT2D eigenvalue weighted by Crippen LogP contribution is -2.46. The van der Waals surface area contributed by atoms with Crippen LogP contribution >= 0.6 is 0 Å². The van der Waals surface area contributed by atoms with Crippen molar-refractivity contribution in [2.45, 2.75) is 50.9 Å². The Morgan fingerprint density at radius 2 is 2.06 bits per heavy atom. The zero-order valence-electron chi connectivity index (χ0n) is 9.87. The van der Waals surface area contributed by atoms with Gasteiger partial charge in [0.1, 0.15) is 0 Å². The van der Waals surface area contributed by atoms with Gasteiger partial charge in [0.2, 0.25) is 0 Å². The highest BCUT2D eigenvalue weighted by molar-refractivity contribution is 5.24. The predicted octanol–water partition coefficient (Wildman–Crippen LogP) is 2.00. The molecule has 2 aliphatic carbocycles. The molecule has 1 aliphatic heterocycles. The van der Waals surface area contributed by atoms with Gasteiger partial charge in [-0.3, -0.25) is 0 Å². The molecular weight excluding hydrogens is 204 g/mol. The molecular formula is C13H20O3. The number of allylic oxidation sites excluding steroid dienone is 1. The number of fused-ring (bicyclic) bond motifs is 1. The van der Waals surface area contributed by atoms with Gasteiger partial charge in [-0.1, -0.05) is 18.6 Å². The Labute approximate surface area is 96.4 Å². The summed E-state index contributed by atoms with van der Waals surface area (Å²) in [6.45, 7) is 3.61. The molecule has 0 aromatic heterocycles. The molecule has 0 radical (unpaired) electrons.